The van der Waals surface area contributed by atoms with E-state index in [1.807, 2.05) is 0 Å². The first kappa shape index (κ1) is 7.75. The smallest absolute Gasteiger partial charge is 0.392 e. The topological polar surface area (TPSA) is 20.2 Å². The summed E-state index contributed by atoms with van der Waals surface area (Å²) >= 11 is 0. The van der Waals surface area contributed by atoms with E-state index in [4.69, 9.17) is 5.11 Å². The van der Waals surface area contributed by atoms with Crippen molar-refractivity contribution >= 4 is 0 Å². The number of alkyl halides is 3. The monoisotopic (exact) mass is 127 g/mol. The average molecular weight is 127 g/mol. The Labute approximate surface area is 45.1 Å². The van der Waals surface area contributed by atoms with Crippen molar-refractivity contribution in [2.45, 2.75) is 12.6 Å². The van der Waals surface area contributed by atoms with E-state index in [-0.39, 0.29) is 12.8 Å². The highest BCUT2D eigenvalue weighted by Gasteiger charge is 2.26. The molecule has 49 valence electrons. The van der Waals surface area contributed by atoms with E-state index in [1.54, 1.807) is 0 Å². The maximum Gasteiger partial charge on any atom is 0.392 e. The second kappa shape index (κ2) is 2.91. The molecular formula is C4H6F3O. The fourth-order valence-corrected chi connectivity index (χ4v) is 0.228. The first-order chi connectivity index (χ1) is 3.56. The molecule has 0 spiro atoms. The summed E-state index contributed by atoms with van der Waals surface area (Å²) in [6, 6.07) is 0. The van der Waals surface area contributed by atoms with Crippen LogP contribution in [0.3, 0.4) is 0 Å². The maximum atomic E-state index is 11.1. The van der Waals surface area contributed by atoms with Crippen molar-refractivity contribution in [3.05, 3.63) is 6.42 Å². The molecule has 0 heterocycles. The van der Waals surface area contributed by atoms with Crippen LogP contribution in [0, 0.1) is 6.42 Å². The Kier molecular flexibility index (Phi) is 2.82. The van der Waals surface area contributed by atoms with Crippen LogP contribution < -0.4 is 0 Å². The zero-order chi connectivity index (χ0) is 6.62. The Morgan fingerprint density at radius 2 is 1.88 bits per heavy atom. The van der Waals surface area contributed by atoms with Crippen molar-refractivity contribution in [3.63, 3.8) is 0 Å². The zero-order valence-electron chi connectivity index (χ0n) is 4.07. The van der Waals surface area contributed by atoms with Crippen LogP contribution in [-0.2, 0) is 0 Å². The molecule has 0 aromatic heterocycles. The molecule has 1 radical (unpaired) electrons. The van der Waals surface area contributed by atoms with Gasteiger partial charge in [-0.05, 0) is 6.42 Å². The van der Waals surface area contributed by atoms with Crippen LogP contribution in [-0.4, -0.2) is 17.9 Å². The number of rotatable bonds is 2. The number of halogens is 3. The Bertz CT molecular complexity index is 58.8. The van der Waals surface area contributed by atoms with Crippen molar-refractivity contribution in [1.82, 2.24) is 0 Å². The minimum absolute atomic E-state index is 0.118. The summed E-state index contributed by atoms with van der Waals surface area (Å²) in [5.74, 6) is 0. The van der Waals surface area contributed by atoms with E-state index in [0.29, 0.717) is 0 Å². The van der Waals surface area contributed by atoms with Crippen LogP contribution in [0.15, 0.2) is 0 Å². The molecule has 0 bridgehead atoms. The fraction of sp³-hybridized carbons (Fsp3) is 0.750. The highest BCUT2D eigenvalue weighted by atomic mass is 19.4. The average Bonchev–Trinajstić information content (AvgIpc) is 1.59. The maximum absolute atomic E-state index is 11.1. The molecule has 0 atom stereocenters. The minimum atomic E-state index is -4.23. The summed E-state index contributed by atoms with van der Waals surface area (Å²) in [5, 5.41) is 7.90. The molecule has 0 saturated carbocycles. The molecule has 0 unspecified atom stereocenters. The van der Waals surface area contributed by atoms with Gasteiger partial charge in [-0.2, -0.15) is 13.2 Å². The normalized spacial score (nSPS) is 12.0. The van der Waals surface area contributed by atoms with Crippen LogP contribution >= 0.6 is 0 Å². The van der Waals surface area contributed by atoms with E-state index in [0.717, 1.165) is 0 Å². The Hall–Kier alpha value is -0.250. The summed E-state index contributed by atoms with van der Waals surface area (Å²) in [6.45, 7) is -0.445. The third-order valence-corrected chi connectivity index (χ3v) is 0.505. The molecule has 1 N–H and O–H groups in total. The predicted molar refractivity (Wildman–Crippen MR) is 22.1 cm³/mol. The van der Waals surface area contributed by atoms with Crippen LogP contribution in [0.2, 0.25) is 0 Å². The lowest BCUT2D eigenvalue weighted by Gasteiger charge is -2.01. The fourth-order valence-electron chi connectivity index (χ4n) is 0.228. The van der Waals surface area contributed by atoms with Gasteiger partial charge in [0.2, 0.25) is 0 Å². The van der Waals surface area contributed by atoms with Gasteiger partial charge in [-0.15, -0.1) is 0 Å². The van der Waals surface area contributed by atoms with Gasteiger partial charge in [0.05, 0.1) is 6.42 Å². The van der Waals surface area contributed by atoms with Crippen molar-refractivity contribution in [2.75, 3.05) is 6.61 Å². The second-order valence-corrected chi connectivity index (χ2v) is 1.26. The quantitative estimate of drug-likeness (QED) is 0.589. The molecular weight excluding hydrogens is 121 g/mol. The molecule has 1 nitrogen and oxygen atoms in total. The second-order valence-electron chi connectivity index (χ2n) is 1.26. The van der Waals surface area contributed by atoms with Gasteiger partial charge < -0.3 is 5.11 Å². The van der Waals surface area contributed by atoms with Gasteiger partial charge in [-0.1, -0.05) is 0 Å². The van der Waals surface area contributed by atoms with Gasteiger partial charge in [-0.3, -0.25) is 0 Å². The summed E-state index contributed by atoms with van der Waals surface area (Å²) in [4.78, 5) is 0. The Morgan fingerprint density at radius 3 is 2.00 bits per heavy atom. The Morgan fingerprint density at radius 1 is 1.38 bits per heavy atom. The van der Waals surface area contributed by atoms with E-state index in [2.05, 4.69) is 0 Å². The van der Waals surface area contributed by atoms with Crippen LogP contribution in [0.1, 0.15) is 6.42 Å². The Balaban J connectivity index is 3.11. The van der Waals surface area contributed by atoms with E-state index in [1.165, 1.54) is 0 Å². The molecule has 0 amide bonds. The predicted octanol–water partition coefficient (Wildman–Crippen LogP) is 1.14. The SMILES string of the molecule is OCC[CH]C(F)(F)F. The van der Waals surface area contributed by atoms with Crippen LogP contribution in [0.5, 0.6) is 0 Å². The zero-order valence-corrected chi connectivity index (χ0v) is 4.07. The van der Waals surface area contributed by atoms with Gasteiger partial charge in [0.1, 0.15) is 0 Å². The number of hydrogen-bond acceptors (Lipinski definition) is 1. The lowest BCUT2D eigenvalue weighted by molar-refractivity contribution is -0.0993. The molecule has 0 fully saturated rings. The van der Waals surface area contributed by atoms with E-state index >= 15 is 0 Å². The highest BCUT2D eigenvalue weighted by molar-refractivity contribution is 4.72. The van der Waals surface area contributed by atoms with E-state index < -0.39 is 12.8 Å². The van der Waals surface area contributed by atoms with Gasteiger partial charge in [0.25, 0.3) is 0 Å². The van der Waals surface area contributed by atoms with Crippen LogP contribution in [0.4, 0.5) is 13.2 Å². The molecule has 0 aromatic carbocycles. The lowest BCUT2D eigenvalue weighted by atomic mass is 10.3. The molecule has 0 aliphatic heterocycles. The van der Waals surface area contributed by atoms with Crippen molar-refractivity contribution in [2.24, 2.45) is 0 Å². The molecule has 0 aliphatic carbocycles. The van der Waals surface area contributed by atoms with Gasteiger partial charge in [0, 0.05) is 6.61 Å². The summed E-state index contributed by atoms with van der Waals surface area (Å²) in [6.07, 6.45) is -4.43. The number of hydrogen-bond donors (Lipinski definition) is 1. The number of aliphatic hydroxyl groups is 1. The molecule has 0 rings (SSSR count). The number of aliphatic hydroxyl groups excluding tert-OH is 1. The lowest BCUT2D eigenvalue weighted by Crippen LogP contribution is -2.08. The van der Waals surface area contributed by atoms with Gasteiger partial charge in [0.15, 0.2) is 0 Å². The minimum Gasteiger partial charge on any atom is -0.396 e. The molecule has 0 saturated heterocycles. The first-order valence-corrected chi connectivity index (χ1v) is 2.08. The van der Waals surface area contributed by atoms with E-state index in [9.17, 15) is 13.2 Å². The largest absolute Gasteiger partial charge is 0.396 e. The molecule has 8 heavy (non-hydrogen) atoms. The molecule has 0 aromatic rings. The molecule has 4 heteroatoms. The molecule has 0 aliphatic rings. The standard InChI is InChI=1S/C4H6F3O/c5-4(6,7)2-1-3-8/h2,8H,1,3H2. The van der Waals surface area contributed by atoms with Gasteiger partial charge >= 0.3 is 6.18 Å². The summed E-state index contributed by atoms with van der Waals surface area (Å²) in [5.41, 5.74) is 0. The third kappa shape index (κ3) is 5.75. The van der Waals surface area contributed by atoms with Crippen molar-refractivity contribution < 1.29 is 18.3 Å². The van der Waals surface area contributed by atoms with Crippen LogP contribution in [0.25, 0.3) is 0 Å². The van der Waals surface area contributed by atoms with Crippen molar-refractivity contribution in [1.29, 1.82) is 0 Å². The van der Waals surface area contributed by atoms with Crippen molar-refractivity contribution in [3.8, 4) is 0 Å². The summed E-state index contributed by atoms with van der Waals surface area (Å²) < 4.78 is 33.2. The third-order valence-electron chi connectivity index (χ3n) is 0.505. The summed E-state index contributed by atoms with van der Waals surface area (Å²) in [7, 11) is 0. The first-order valence-electron chi connectivity index (χ1n) is 2.08. The highest BCUT2D eigenvalue weighted by Crippen LogP contribution is 2.19. The van der Waals surface area contributed by atoms with Gasteiger partial charge in [-0.25, -0.2) is 0 Å².